The highest BCUT2D eigenvalue weighted by Gasteiger charge is 2.30. The standard InChI is InChI=1S/C18H20F2N2O3S/c1-12-5-10-17(21-11-12)25-14-8-6-13(7-9-14)22-26(23,24)18-15(19)3-2-4-16(18)20/h2-5,10-11,13-14,22H,6-9H2,1H3. The first-order valence-corrected chi connectivity index (χ1v) is 9.89. The number of nitrogens with zero attached hydrogens (tertiary/aromatic N) is 1. The summed E-state index contributed by atoms with van der Waals surface area (Å²) in [5.41, 5.74) is 1.04. The first-order chi connectivity index (χ1) is 12.3. The largest absolute Gasteiger partial charge is 0.474 e. The monoisotopic (exact) mass is 382 g/mol. The van der Waals surface area contributed by atoms with Crippen LogP contribution in [0.4, 0.5) is 8.78 Å². The quantitative estimate of drug-likeness (QED) is 0.861. The minimum absolute atomic E-state index is 0.0591. The molecule has 0 bridgehead atoms. The lowest BCUT2D eigenvalue weighted by molar-refractivity contribution is 0.138. The van der Waals surface area contributed by atoms with Gasteiger partial charge in [-0.3, -0.25) is 0 Å². The summed E-state index contributed by atoms with van der Waals surface area (Å²) in [5.74, 6) is -1.66. The molecule has 0 unspecified atom stereocenters. The van der Waals surface area contributed by atoms with Crippen molar-refractivity contribution in [3.63, 3.8) is 0 Å². The van der Waals surface area contributed by atoms with Gasteiger partial charge in [-0.25, -0.2) is 26.9 Å². The third kappa shape index (κ3) is 4.37. The number of hydrogen-bond acceptors (Lipinski definition) is 4. The van der Waals surface area contributed by atoms with Crippen LogP contribution in [0.25, 0.3) is 0 Å². The van der Waals surface area contributed by atoms with E-state index in [-0.39, 0.29) is 12.1 Å². The highest BCUT2D eigenvalue weighted by molar-refractivity contribution is 7.89. The van der Waals surface area contributed by atoms with Gasteiger partial charge in [-0.1, -0.05) is 12.1 Å². The fraction of sp³-hybridized carbons (Fsp3) is 0.389. The maximum atomic E-state index is 13.7. The SMILES string of the molecule is Cc1ccc(OC2CCC(NS(=O)(=O)c3c(F)cccc3F)CC2)nc1. The lowest BCUT2D eigenvalue weighted by Crippen LogP contribution is -2.40. The van der Waals surface area contributed by atoms with Gasteiger partial charge in [0.05, 0.1) is 0 Å². The first-order valence-electron chi connectivity index (χ1n) is 8.41. The maximum Gasteiger partial charge on any atom is 0.246 e. The molecule has 0 amide bonds. The predicted molar refractivity (Wildman–Crippen MR) is 92.3 cm³/mol. The van der Waals surface area contributed by atoms with E-state index in [2.05, 4.69) is 9.71 Å². The summed E-state index contributed by atoms with van der Waals surface area (Å²) in [5, 5.41) is 0. The molecule has 1 aliphatic carbocycles. The molecule has 140 valence electrons. The Balaban J connectivity index is 1.59. The second kappa shape index (κ2) is 7.67. The Morgan fingerprint density at radius 1 is 1.08 bits per heavy atom. The van der Waals surface area contributed by atoms with E-state index in [1.807, 2.05) is 13.0 Å². The number of ether oxygens (including phenoxy) is 1. The average Bonchev–Trinajstić information content (AvgIpc) is 2.58. The van der Waals surface area contributed by atoms with Gasteiger partial charge in [-0.15, -0.1) is 0 Å². The van der Waals surface area contributed by atoms with E-state index in [4.69, 9.17) is 4.74 Å². The summed E-state index contributed by atoms with van der Waals surface area (Å²) < 4.78 is 60.3. The molecule has 5 nitrogen and oxygen atoms in total. The minimum Gasteiger partial charge on any atom is -0.474 e. The van der Waals surface area contributed by atoms with Gasteiger partial charge in [0.1, 0.15) is 17.7 Å². The van der Waals surface area contributed by atoms with Gasteiger partial charge in [0, 0.05) is 18.3 Å². The summed E-state index contributed by atoms with van der Waals surface area (Å²) in [6.07, 6.45) is 3.96. The van der Waals surface area contributed by atoms with Gasteiger partial charge in [0.15, 0.2) is 4.90 Å². The van der Waals surface area contributed by atoms with Gasteiger partial charge in [-0.05, 0) is 50.3 Å². The topological polar surface area (TPSA) is 68.3 Å². The maximum absolute atomic E-state index is 13.7. The molecule has 1 N–H and O–H groups in total. The molecule has 0 spiro atoms. The fourth-order valence-corrected chi connectivity index (χ4v) is 4.45. The molecule has 1 heterocycles. The smallest absolute Gasteiger partial charge is 0.246 e. The molecule has 1 aromatic heterocycles. The van der Waals surface area contributed by atoms with Crippen LogP contribution in [0.3, 0.4) is 0 Å². The Morgan fingerprint density at radius 2 is 1.73 bits per heavy atom. The number of sulfonamides is 1. The number of aromatic nitrogens is 1. The molecule has 1 aromatic carbocycles. The van der Waals surface area contributed by atoms with Crippen molar-refractivity contribution < 1.29 is 21.9 Å². The average molecular weight is 382 g/mol. The second-order valence-electron chi connectivity index (χ2n) is 6.44. The van der Waals surface area contributed by atoms with Crippen LogP contribution in [0.2, 0.25) is 0 Å². The van der Waals surface area contributed by atoms with Crippen molar-refractivity contribution in [2.75, 3.05) is 0 Å². The molecule has 8 heteroatoms. The third-order valence-electron chi connectivity index (χ3n) is 4.36. The summed E-state index contributed by atoms with van der Waals surface area (Å²) in [6.45, 7) is 1.94. The third-order valence-corrected chi connectivity index (χ3v) is 5.93. The van der Waals surface area contributed by atoms with Crippen LogP contribution >= 0.6 is 0 Å². The Hall–Kier alpha value is -2.06. The van der Waals surface area contributed by atoms with Crippen molar-refractivity contribution in [3.05, 3.63) is 53.7 Å². The molecule has 1 aliphatic rings. The number of rotatable bonds is 5. The molecular formula is C18H20F2N2O3S. The van der Waals surface area contributed by atoms with Gasteiger partial charge in [0.2, 0.25) is 15.9 Å². The van der Waals surface area contributed by atoms with Crippen LogP contribution in [0.1, 0.15) is 31.2 Å². The Kier molecular flexibility index (Phi) is 5.52. The second-order valence-corrected chi connectivity index (χ2v) is 8.09. The first kappa shape index (κ1) is 18.7. The summed E-state index contributed by atoms with van der Waals surface area (Å²) in [7, 11) is -4.26. The molecule has 0 atom stereocenters. The highest BCUT2D eigenvalue weighted by Crippen LogP contribution is 2.25. The van der Waals surface area contributed by atoms with Gasteiger partial charge in [0.25, 0.3) is 0 Å². The van der Waals surface area contributed by atoms with Crippen LogP contribution in [-0.2, 0) is 10.0 Å². The fourth-order valence-electron chi connectivity index (χ4n) is 3.01. The van der Waals surface area contributed by atoms with E-state index in [1.165, 1.54) is 0 Å². The minimum atomic E-state index is -4.26. The molecular weight excluding hydrogens is 362 g/mol. The number of benzene rings is 1. The normalized spacial score (nSPS) is 20.7. The number of hydrogen-bond donors (Lipinski definition) is 1. The number of nitrogens with one attached hydrogen (secondary N) is 1. The van der Waals surface area contributed by atoms with E-state index in [1.54, 1.807) is 12.3 Å². The molecule has 3 rings (SSSR count). The van der Waals surface area contributed by atoms with Gasteiger partial charge in [-0.2, -0.15) is 0 Å². The Morgan fingerprint density at radius 3 is 2.31 bits per heavy atom. The lowest BCUT2D eigenvalue weighted by atomic mass is 9.94. The van der Waals surface area contributed by atoms with Crippen LogP contribution < -0.4 is 9.46 Å². The van der Waals surface area contributed by atoms with E-state index in [0.717, 1.165) is 23.8 Å². The number of pyridine rings is 1. The van der Waals surface area contributed by atoms with E-state index in [9.17, 15) is 17.2 Å². The van der Waals surface area contributed by atoms with Crippen LogP contribution in [0.5, 0.6) is 5.88 Å². The summed E-state index contributed by atoms with van der Waals surface area (Å²) in [6, 6.07) is 6.31. The Labute approximate surface area is 151 Å². The molecule has 0 radical (unpaired) electrons. The molecule has 0 aliphatic heterocycles. The summed E-state index contributed by atoms with van der Waals surface area (Å²) >= 11 is 0. The van der Waals surface area contributed by atoms with Crippen molar-refractivity contribution in [1.29, 1.82) is 0 Å². The molecule has 0 saturated heterocycles. The predicted octanol–water partition coefficient (Wildman–Crippen LogP) is 3.34. The van der Waals surface area contributed by atoms with E-state index >= 15 is 0 Å². The van der Waals surface area contributed by atoms with E-state index < -0.39 is 26.6 Å². The van der Waals surface area contributed by atoms with Crippen molar-refractivity contribution in [2.24, 2.45) is 0 Å². The van der Waals surface area contributed by atoms with Crippen molar-refractivity contribution in [3.8, 4) is 5.88 Å². The molecule has 26 heavy (non-hydrogen) atoms. The van der Waals surface area contributed by atoms with Crippen LogP contribution in [-0.4, -0.2) is 25.5 Å². The zero-order valence-electron chi connectivity index (χ0n) is 14.3. The van der Waals surface area contributed by atoms with Crippen LogP contribution in [0.15, 0.2) is 41.4 Å². The zero-order valence-corrected chi connectivity index (χ0v) is 15.1. The van der Waals surface area contributed by atoms with Crippen molar-refractivity contribution >= 4 is 10.0 Å². The van der Waals surface area contributed by atoms with Crippen molar-refractivity contribution in [1.82, 2.24) is 9.71 Å². The van der Waals surface area contributed by atoms with Gasteiger partial charge >= 0.3 is 0 Å². The lowest BCUT2D eigenvalue weighted by Gasteiger charge is -2.29. The van der Waals surface area contributed by atoms with Gasteiger partial charge < -0.3 is 4.74 Å². The molecule has 1 saturated carbocycles. The molecule has 1 fully saturated rings. The van der Waals surface area contributed by atoms with Crippen LogP contribution in [0, 0.1) is 18.6 Å². The Bertz CT molecular complexity index is 844. The zero-order chi connectivity index (χ0) is 18.7. The number of halogens is 2. The van der Waals surface area contributed by atoms with E-state index in [0.29, 0.717) is 31.6 Å². The molecule has 2 aromatic rings. The van der Waals surface area contributed by atoms with Crippen molar-refractivity contribution in [2.45, 2.75) is 49.6 Å². The summed E-state index contributed by atoms with van der Waals surface area (Å²) in [4.78, 5) is 3.26. The highest BCUT2D eigenvalue weighted by atomic mass is 32.2. The number of aryl methyl sites for hydroxylation is 1.